The molecular weight excluding hydrogens is 297 g/mol. The van der Waals surface area contributed by atoms with E-state index in [0.717, 1.165) is 0 Å². The van der Waals surface area contributed by atoms with Gasteiger partial charge in [0, 0.05) is 12.2 Å². The number of halogens is 1. The van der Waals surface area contributed by atoms with Crippen molar-refractivity contribution in [3.8, 4) is 0 Å². The minimum absolute atomic E-state index is 0.0387. The summed E-state index contributed by atoms with van der Waals surface area (Å²) in [5.74, 6) is -0.986. The van der Waals surface area contributed by atoms with E-state index < -0.39 is 11.8 Å². The molecule has 0 saturated carbocycles. The van der Waals surface area contributed by atoms with Crippen LogP contribution in [0.15, 0.2) is 24.3 Å². The van der Waals surface area contributed by atoms with Crippen molar-refractivity contribution in [2.24, 2.45) is 5.73 Å². The number of carbonyl (C=O) groups is 3. The second-order valence-corrected chi connectivity index (χ2v) is 5.27. The number of hydrogen-bond donors (Lipinski definition) is 3. The lowest BCUT2D eigenvalue weighted by Crippen LogP contribution is -2.42. The summed E-state index contributed by atoms with van der Waals surface area (Å²) < 4.78 is 12.7. The van der Waals surface area contributed by atoms with Crippen LogP contribution in [0.25, 0.3) is 0 Å². The van der Waals surface area contributed by atoms with Crippen molar-refractivity contribution in [1.29, 1.82) is 0 Å². The fourth-order valence-corrected chi connectivity index (χ4v) is 2.05. The highest BCUT2D eigenvalue weighted by Gasteiger charge is 2.06. The Kier molecular flexibility index (Phi) is 7.24. The van der Waals surface area contributed by atoms with Crippen molar-refractivity contribution in [2.45, 2.75) is 12.8 Å². The van der Waals surface area contributed by atoms with E-state index in [0.29, 0.717) is 11.3 Å². The molecule has 21 heavy (non-hydrogen) atoms. The molecule has 0 unspecified atom stereocenters. The molecule has 0 spiro atoms. The molecule has 3 amide bonds. The van der Waals surface area contributed by atoms with Gasteiger partial charge in [-0.05, 0) is 17.7 Å². The SMILES string of the molecule is NC(=O)CSCCC(=O)NNC(=O)Cc1ccc(F)cc1. The van der Waals surface area contributed by atoms with Crippen molar-refractivity contribution >= 4 is 29.5 Å². The summed E-state index contributed by atoms with van der Waals surface area (Å²) >= 11 is 1.24. The quantitative estimate of drug-likeness (QED) is 0.492. The van der Waals surface area contributed by atoms with Crippen LogP contribution in [0.4, 0.5) is 4.39 Å². The van der Waals surface area contributed by atoms with Crippen LogP contribution in [0.5, 0.6) is 0 Å². The van der Waals surface area contributed by atoms with Crippen LogP contribution < -0.4 is 16.6 Å². The highest BCUT2D eigenvalue weighted by molar-refractivity contribution is 7.99. The van der Waals surface area contributed by atoms with Crippen LogP contribution in [0, 0.1) is 5.82 Å². The summed E-state index contributed by atoms with van der Waals surface area (Å²) in [5.41, 5.74) is 10.1. The van der Waals surface area contributed by atoms with Crippen molar-refractivity contribution in [3.63, 3.8) is 0 Å². The number of thioether (sulfide) groups is 1. The van der Waals surface area contributed by atoms with E-state index in [-0.39, 0.29) is 30.3 Å². The summed E-state index contributed by atoms with van der Waals surface area (Å²) in [4.78, 5) is 33.4. The largest absolute Gasteiger partial charge is 0.369 e. The predicted octanol–water partition coefficient (Wildman–Crippen LogP) is 0.124. The number of nitrogens with one attached hydrogen (secondary N) is 2. The Balaban J connectivity index is 2.18. The molecule has 0 aliphatic rings. The van der Waals surface area contributed by atoms with Crippen LogP contribution in [-0.2, 0) is 20.8 Å². The molecule has 0 saturated heterocycles. The molecule has 0 aliphatic carbocycles. The average Bonchev–Trinajstić information content (AvgIpc) is 2.44. The maximum atomic E-state index is 12.7. The summed E-state index contributed by atoms with van der Waals surface area (Å²) in [7, 11) is 0. The van der Waals surface area contributed by atoms with E-state index >= 15 is 0 Å². The van der Waals surface area contributed by atoms with Crippen LogP contribution in [0.2, 0.25) is 0 Å². The van der Waals surface area contributed by atoms with Gasteiger partial charge in [0.15, 0.2) is 0 Å². The van der Waals surface area contributed by atoms with E-state index in [4.69, 9.17) is 5.73 Å². The van der Waals surface area contributed by atoms with E-state index in [2.05, 4.69) is 10.9 Å². The van der Waals surface area contributed by atoms with Gasteiger partial charge in [0.05, 0.1) is 12.2 Å². The number of nitrogens with two attached hydrogens (primary N) is 1. The van der Waals surface area contributed by atoms with Crippen molar-refractivity contribution in [3.05, 3.63) is 35.6 Å². The first-order valence-electron chi connectivity index (χ1n) is 6.15. The van der Waals surface area contributed by atoms with Gasteiger partial charge < -0.3 is 5.73 Å². The minimum Gasteiger partial charge on any atom is -0.369 e. The highest BCUT2D eigenvalue weighted by atomic mass is 32.2. The Morgan fingerprint density at radius 2 is 1.71 bits per heavy atom. The number of rotatable bonds is 7. The molecule has 0 aromatic heterocycles. The first kappa shape index (κ1) is 17.0. The van der Waals surface area contributed by atoms with Gasteiger partial charge in [0.2, 0.25) is 17.7 Å². The lowest BCUT2D eigenvalue weighted by Gasteiger charge is -2.07. The van der Waals surface area contributed by atoms with Crippen molar-refractivity contribution in [2.75, 3.05) is 11.5 Å². The Labute approximate surface area is 125 Å². The van der Waals surface area contributed by atoms with Gasteiger partial charge in [-0.3, -0.25) is 25.2 Å². The summed E-state index contributed by atoms with van der Waals surface area (Å²) in [6, 6.07) is 5.52. The number of hydrogen-bond acceptors (Lipinski definition) is 4. The van der Waals surface area contributed by atoms with Gasteiger partial charge in [0.1, 0.15) is 5.82 Å². The monoisotopic (exact) mass is 313 g/mol. The minimum atomic E-state index is -0.437. The van der Waals surface area contributed by atoms with Gasteiger partial charge in [-0.1, -0.05) is 12.1 Å². The molecule has 114 valence electrons. The molecule has 6 nitrogen and oxygen atoms in total. The smallest absolute Gasteiger partial charge is 0.242 e. The molecule has 1 aromatic carbocycles. The first-order chi connectivity index (χ1) is 9.97. The van der Waals surface area contributed by atoms with E-state index in [1.165, 1.54) is 36.0 Å². The lowest BCUT2D eigenvalue weighted by atomic mass is 10.1. The summed E-state index contributed by atoms with van der Waals surface area (Å²) in [6.45, 7) is 0. The zero-order valence-electron chi connectivity index (χ0n) is 11.2. The molecule has 0 fully saturated rings. The summed E-state index contributed by atoms with van der Waals surface area (Å²) in [6.07, 6.45) is 0.200. The second kappa shape index (κ2) is 8.96. The first-order valence-corrected chi connectivity index (χ1v) is 7.31. The molecule has 0 atom stereocenters. The zero-order valence-corrected chi connectivity index (χ0v) is 12.0. The highest BCUT2D eigenvalue weighted by Crippen LogP contribution is 2.03. The molecule has 0 radical (unpaired) electrons. The van der Waals surface area contributed by atoms with Gasteiger partial charge in [-0.15, -0.1) is 0 Å². The Bertz CT molecular complexity index is 508. The van der Waals surface area contributed by atoms with Crippen molar-refractivity contribution < 1.29 is 18.8 Å². The average molecular weight is 313 g/mol. The van der Waals surface area contributed by atoms with E-state index in [9.17, 15) is 18.8 Å². The fourth-order valence-electron chi connectivity index (χ4n) is 1.37. The van der Waals surface area contributed by atoms with Crippen molar-refractivity contribution in [1.82, 2.24) is 10.9 Å². The number of carbonyl (C=O) groups excluding carboxylic acids is 3. The molecule has 1 rings (SSSR count). The Hall–Kier alpha value is -2.09. The Morgan fingerprint density at radius 1 is 1.10 bits per heavy atom. The normalized spacial score (nSPS) is 9.95. The standard InChI is InChI=1S/C13H16FN3O3S/c14-10-3-1-9(2-4-10)7-13(20)17-16-12(19)5-6-21-8-11(15)18/h1-4H,5-8H2,(H2,15,18)(H,16,19)(H,17,20). The molecule has 0 aliphatic heterocycles. The van der Waals surface area contributed by atoms with E-state index in [1.54, 1.807) is 0 Å². The number of amides is 3. The molecular formula is C13H16FN3O3S. The van der Waals surface area contributed by atoms with Gasteiger partial charge in [-0.25, -0.2) is 4.39 Å². The van der Waals surface area contributed by atoms with E-state index in [1.807, 2.05) is 0 Å². The Morgan fingerprint density at radius 3 is 2.33 bits per heavy atom. The fraction of sp³-hybridized carbons (Fsp3) is 0.308. The maximum absolute atomic E-state index is 12.7. The molecule has 0 bridgehead atoms. The molecule has 1 aromatic rings. The van der Waals surface area contributed by atoms with Crippen LogP contribution in [0.3, 0.4) is 0 Å². The third kappa shape index (κ3) is 7.93. The number of hydrazine groups is 1. The molecule has 0 heterocycles. The van der Waals surface area contributed by atoms with Crippen LogP contribution in [0.1, 0.15) is 12.0 Å². The van der Waals surface area contributed by atoms with Gasteiger partial charge in [0.25, 0.3) is 0 Å². The predicted molar refractivity (Wildman–Crippen MR) is 77.5 cm³/mol. The third-order valence-corrected chi connectivity index (χ3v) is 3.32. The van der Waals surface area contributed by atoms with Gasteiger partial charge >= 0.3 is 0 Å². The summed E-state index contributed by atoms with van der Waals surface area (Å²) in [5, 5.41) is 0. The zero-order chi connectivity index (χ0) is 15.7. The second-order valence-electron chi connectivity index (χ2n) is 4.17. The maximum Gasteiger partial charge on any atom is 0.242 e. The van der Waals surface area contributed by atoms with Crippen LogP contribution >= 0.6 is 11.8 Å². The topological polar surface area (TPSA) is 101 Å². The molecule has 4 N–H and O–H groups in total. The van der Waals surface area contributed by atoms with Gasteiger partial charge in [-0.2, -0.15) is 11.8 Å². The molecule has 8 heteroatoms. The lowest BCUT2D eigenvalue weighted by molar-refractivity contribution is -0.128. The third-order valence-electron chi connectivity index (χ3n) is 2.34. The van der Waals surface area contributed by atoms with Crippen LogP contribution in [-0.4, -0.2) is 29.2 Å². The number of primary amides is 1. The number of benzene rings is 1.